The van der Waals surface area contributed by atoms with Crippen molar-refractivity contribution in [2.24, 2.45) is 0 Å². The van der Waals surface area contributed by atoms with Crippen LogP contribution in [0.25, 0.3) is 5.69 Å². The van der Waals surface area contributed by atoms with Crippen LogP contribution in [0.15, 0.2) is 54.7 Å². The highest BCUT2D eigenvalue weighted by atomic mass is 19.1. The van der Waals surface area contributed by atoms with E-state index < -0.39 is 11.9 Å². The van der Waals surface area contributed by atoms with E-state index in [2.05, 4.69) is 20.6 Å². The minimum absolute atomic E-state index is 0.125. The fraction of sp³-hybridized carbons (Fsp3) is 0.320. The van der Waals surface area contributed by atoms with Crippen LogP contribution in [0.3, 0.4) is 0 Å². The van der Waals surface area contributed by atoms with Gasteiger partial charge in [-0.2, -0.15) is 5.10 Å². The number of anilines is 2. The van der Waals surface area contributed by atoms with Gasteiger partial charge in [0.05, 0.1) is 17.5 Å². The van der Waals surface area contributed by atoms with Crippen LogP contribution in [0.5, 0.6) is 0 Å². The van der Waals surface area contributed by atoms with Gasteiger partial charge in [0.25, 0.3) is 5.91 Å². The Morgan fingerprint density at radius 3 is 2.64 bits per heavy atom. The summed E-state index contributed by atoms with van der Waals surface area (Å²) in [5.74, 6) is -0.957. The molecule has 1 saturated heterocycles. The van der Waals surface area contributed by atoms with E-state index in [4.69, 9.17) is 0 Å². The third kappa shape index (κ3) is 5.22. The normalized spacial score (nSPS) is 14.2. The number of aromatic nitrogens is 2. The molecule has 172 valence electrons. The molecule has 2 amide bonds. The maximum absolute atomic E-state index is 14.1. The number of nitrogens with zero attached hydrogens (tertiary/aromatic N) is 3. The number of carbonyl (C=O) groups is 2. The van der Waals surface area contributed by atoms with Crippen LogP contribution in [0.2, 0.25) is 0 Å². The van der Waals surface area contributed by atoms with Crippen molar-refractivity contribution < 1.29 is 14.0 Å². The summed E-state index contributed by atoms with van der Waals surface area (Å²) in [5, 5.41) is 9.92. The third-order valence-electron chi connectivity index (χ3n) is 5.81. The number of carbonyl (C=O) groups excluding carboxylic acids is 2. The summed E-state index contributed by atoms with van der Waals surface area (Å²) in [6.07, 6.45) is 3.91. The summed E-state index contributed by atoms with van der Waals surface area (Å²) < 4.78 is 15.5. The zero-order chi connectivity index (χ0) is 23.4. The molecule has 2 aromatic carbocycles. The number of nitrogens with one attached hydrogen (secondary N) is 2. The van der Waals surface area contributed by atoms with Gasteiger partial charge in [0, 0.05) is 36.9 Å². The van der Waals surface area contributed by atoms with Crippen molar-refractivity contribution in [1.29, 1.82) is 0 Å². The van der Waals surface area contributed by atoms with E-state index in [9.17, 15) is 14.0 Å². The highest BCUT2D eigenvalue weighted by molar-refractivity contribution is 5.96. The quantitative estimate of drug-likeness (QED) is 0.570. The molecule has 4 rings (SSSR count). The van der Waals surface area contributed by atoms with Crippen molar-refractivity contribution in [3.8, 4) is 5.69 Å². The van der Waals surface area contributed by atoms with Gasteiger partial charge in [-0.05, 0) is 57.0 Å². The Balaban J connectivity index is 1.35. The smallest absolute Gasteiger partial charge is 0.254 e. The SMILES string of the molecule is Cc1c(C(=O)NC(C)CC(=O)Nc2cccc(N3CCCC3)c2)cnn1-c1ccccc1F. The summed E-state index contributed by atoms with van der Waals surface area (Å²) in [6, 6.07) is 13.7. The lowest BCUT2D eigenvalue weighted by Gasteiger charge is -2.19. The van der Waals surface area contributed by atoms with Crippen molar-refractivity contribution in [3.63, 3.8) is 0 Å². The van der Waals surface area contributed by atoms with Gasteiger partial charge >= 0.3 is 0 Å². The molecule has 1 aromatic heterocycles. The van der Waals surface area contributed by atoms with Crippen LogP contribution in [0, 0.1) is 12.7 Å². The van der Waals surface area contributed by atoms with Crippen LogP contribution in [0.4, 0.5) is 15.8 Å². The molecule has 2 heterocycles. The number of benzene rings is 2. The number of hydrogen-bond donors (Lipinski definition) is 2. The van der Waals surface area contributed by atoms with Crippen LogP contribution in [-0.4, -0.2) is 40.7 Å². The van der Waals surface area contributed by atoms with Crippen LogP contribution >= 0.6 is 0 Å². The highest BCUT2D eigenvalue weighted by Crippen LogP contribution is 2.23. The maximum Gasteiger partial charge on any atom is 0.254 e. The van der Waals surface area contributed by atoms with Crippen molar-refractivity contribution in [1.82, 2.24) is 15.1 Å². The molecule has 7 nitrogen and oxygen atoms in total. The largest absolute Gasteiger partial charge is 0.371 e. The molecule has 0 spiro atoms. The summed E-state index contributed by atoms with van der Waals surface area (Å²) in [4.78, 5) is 27.6. The molecule has 0 bridgehead atoms. The van der Waals surface area contributed by atoms with Crippen molar-refractivity contribution in [2.45, 2.75) is 39.2 Å². The van der Waals surface area contributed by atoms with Gasteiger partial charge in [-0.25, -0.2) is 9.07 Å². The van der Waals surface area contributed by atoms with Crippen LogP contribution < -0.4 is 15.5 Å². The van der Waals surface area contributed by atoms with Gasteiger partial charge < -0.3 is 15.5 Å². The molecule has 1 atom stereocenters. The van der Waals surface area contributed by atoms with E-state index in [1.807, 2.05) is 24.3 Å². The maximum atomic E-state index is 14.1. The molecule has 33 heavy (non-hydrogen) atoms. The van der Waals surface area contributed by atoms with Gasteiger partial charge in [0.2, 0.25) is 5.91 Å². The van der Waals surface area contributed by atoms with Crippen molar-refractivity contribution in [2.75, 3.05) is 23.3 Å². The fourth-order valence-electron chi connectivity index (χ4n) is 4.10. The summed E-state index contributed by atoms with van der Waals surface area (Å²) >= 11 is 0. The second-order valence-electron chi connectivity index (χ2n) is 8.38. The zero-order valence-electron chi connectivity index (χ0n) is 18.8. The van der Waals surface area contributed by atoms with Gasteiger partial charge in [0.1, 0.15) is 11.5 Å². The van der Waals surface area contributed by atoms with E-state index in [1.165, 1.54) is 29.8 Å². The number of hydrogen-bond acceptors (Lipinski definition) is 4. The molecular weight excluding hydrogens is 421 g/mol. The highest BCUT2D eigenvalue weighted by Gasteiger charge is 2.20. The first-order chi connectivity index (χ1) is 15.9. The Morgan fingerprint density at radius 1 is 1.12 bits per heavy atom. The molecule has 8 heteroatoms. The lowest BCUT2D eigenvalue weighted by molar-refractivity contribution is -0.116. The first-order valence-corrected chi connectivity index (χ1v) is 11.2. The Hall–Kier alpha value is -3.68. The van der Waals surface area contributed by atoms with Gasteiger partial charge in [-0.1, -0.05) is 18.2 Å². The van der Waals surface area contributed by atoms with E-state index in [1.54, 1.807) is 32.0 Å². The molecule has 1 aliphatic heterocycles. The average Bonchev–Trinajstić information content (AvgIpc) is 3.44. The molecule has 2 N–H and O–H groups in total. The second kappa shape index (κ2) is 9.85. The fourth-order valence-corrected chi connectivity index (χ4v) is 4.10. The lowest BCUT2D eigenvalue weighted by Crippen LogP contribution is -2.35. The second-order valence-corrected chi connectivity index (χ2v) is 8.38. The molecule has 0 aliphatic carbocycles. The molecule has 1 unspecified atom stereocenters. The topological polar surface area (TPSA) is 79.3 Å². The Labute approximate surface area is 192 Å². The molecule has 0 saturated carbocycles. The van der Waals surface area contributed by atoms with E-state index in [0.717, 1.165) is 24.5 Å². The van der Waals surface area contributed by atoms with E-state index in [-0.39, 0.29) is 23.9 Å². The minimum atomic E-state index is -0.422. The molecule has 3 aromatic rings. The summed E-state index contributed by atoms with van der Waals surface area (Å²) in [7, 11) is 0. The van der Waals surface area contributed by atoms with Gasteiger partial charge in [-0.15, -0.1) is 0 Å². The molecule has 1 aliphatic rings. The minimum Gasteiger partial charge on any atom is -0.371 e. The standard InChI is InChI=1S/C25H28FN5O2/c1-17(14-24(32)29-19-8-7-9-20(15-19)30-12-5-6-13-30)28-25(33)21-16-27-31(18(21)2)23-11-4-3-10-22(23)26/h3-4,7-11,15-17H,5-6,12-14H2,1-2H3,(H,28,33)(H,29,32). The zero-order valence-corrected chi connectivity index (χ0v) is 18.8. The first kappa shape index (κ1) is 22.5. The number of halogens is 1. The van der Waals surface area contributed by atoms with E-state index >= 15 is 0 Å². The Morgan fingerprint density at radius 2 is 1.88 bits per heavy atom. The number of rotatable bonds is 7. The number of amides is 2. The van der Waals surface area contributed by atoms with Crippen LogP contribution in [0.1, 0.15) is 42.2 Å². The average molecular weight is 450 g/mol. The monoisotopic (exact) mass is 449 g/mol. The molecule has 0 radical (unpaired) electrons. The number of para-hydroxylation sites is 1. The lowest BCUT2D eigenvalue weighted by atomic mass is 10.1. The molecule has 1 fully saturated rings. The Kier molecular flexibility index (Phi) is 6.72. The van der Waals surface area contributed by atoms with Gasteiger partial charge in [0.15, 0.2) is 0 Å². The van der Waals surface area contributed by atoms with Crippen LogP contribution in [-0.2, 0) is 4.79 Å². The van der Waals surface area contributed by atoms with Gasteiger partial charge in [-0.3, -0.25) is 9.59 Å². The Bertz CT molecular complexity index is 1150. The van der Waals surface area contributed by atoms with E-state index in [0.29, 0.717) is 11.3 Å². The first-order valence-electron chi connectivity index (χ1n) is 11.2. The predicted molar refractivity (Wildman–Crippen MR) is 126 cm³/mol. The third-order valence-corrected chi connectivity index (χ3v) is 5.81. The summed E-state index contributed by atoms with van der Waals surface area (Å²) in [6.45, 7) is 5.55. The predicted octanol–water partition coefficient (Wildman–Crippen LogP) is 4.07. The van der Waals surface area contributed by atoms with Crippen molar-refractivity contribution in [3.05, 3.63) is 71.8 Å². The van der Waals surface area contributed by atoms with Crippen molar-refractivity contribution >= 4 is 23.2 Å². The summed E-state index contributed by atoms with van der Waals surface area (Å²) in [5.41, 5.74) is 2.98. The molecular formula is C25H28FN5O2.